The maximum atomic E-state index is 12.8. The summed E-state index contributed by atoms with van der Waals surface area (Å²) in [7, 11) is 0. The van der Waals surface area contributed by atoms with E-state index in [1.165, 1.54) is 11.0 Å². The molecule has 2 aromatic carbocycles. The van der Waals surface area contributed by atoms with Crippen LogP contribution in [0.15, 0.2) is 69.6 Å². The molecule has 8 heteroatoms. The Morgan fingerprint density at radius 1 is 1.10 bits per heavy atom. The minimum atomic E-state index is -0.542. The number of thiocarbonyl (C=S) groups is 1. The van der Waals surface area contributed by atoms with Crippen molar-refractivity contribution in [2.24, 2.45) is 0 Å². The normalized spacial score (nSPS) is 15.4. The fraction of sp³-hybridized carbons (Fsp3) is 0.0952. The molecule has 1 aliphatic rings. The highest BCUT2D eigenvalue weighted by Gasteiger charge is 2.32. The van der Waals surface area contributed by atoms with Gasteiger partial charge in [0.25, 0.3) is 11.8 Å². The second kappa shape index (κ2) is 9.47. The lowest BCUT2D eigenvalue weighted by Crippen LogP contribution is -2.53. The number of carbonyl (C=O) groups is 2. The number of nitrogens with one attached hydrogen (secondary N) is 1. The summed E-state index contributed by atoms with van der Waals surface area (Å²) in [6, 6.07) is 13.2. The molecule has 0 atom stereocenters. The van der Waals surface area contributed by atoms with Crippen LogP contribution in [0.3, 0.4) is 0 Å². The Balaban J connectivity index is 1.90. The fourth-order valence-electron chi connectivity index (χ4n) is 2.65. The number of amides is 2. The van der Waals surface area contributed by atoms with Gasteiger partial charge in [0.05, 0.1) is 0 Å². The van der Waals surface area contributed by atoms with E-state index in [0.29, 0.717) is 17.9 Å². The molecule has 2 amide bonds. The lowest BCUT2D eigenvalue weighted by atomic mass is 10.1. The van der Waals surface area contributed by atoms with Gasteiger partial charge < -0.3 is 4.74 Å². The zero-order valence-electron chi connectivity index (χ0n) is 15.2. The molecule has 0 radical (unpaired) electrons. The molecule has 3 rings (SSSR count). The van der Waals surface area contributed by atoms with E-state index in [-0.39, 0.29) is 17.2 Å². The number of halogens is 2. The zero-order valence-corrected chi connectivity index (χ0v) is 19.1. The van der Waals surface area contributed by atoms with E-state index >= 15 is 0 Å². The minimum Gasteiger partial charge on any atom is -0.488 e. The third-order valence-electron chi connectivity index (χ3n) is 4.08. The minimum absolute atomic E-state index is 0.0213. The van der Waals surface area contributed by atoms with E-state index in [0.717, 1.165) is 14.5 Å². The number of benzene rings is 2. The Bertz CT molecular complexity index is 1020. The molecule has 1 N–H and O–H groups in total. The maximum Gasteiger partial charge on any atom is 0.265 e. The molecule has 0 unspecified atom stereocenters. The van der Waals surface area contributed by atoms with Gasteiger partial charge in [-0.15, -0.1) is 6.58 Å². The molecule has 0 aromatic heterocycles. The van der Waals surface area contributed by atoms with Crippen molar-refractivity contribution in [2.75, 3.05) is 6.54 Å². The first-order valence-corrected chi connectivity index (χ1v) is 10.5. The van der Waals surface area contributed by atoms with Gasteiger partial charge in [0.15, 0.2) is 5.11 Å². The topological polar surface area (TPSA) is 58.6 Å². The van der Waals surface area contributed by atoms with Gasteiger partial charge in [-0.3, -0.25) is 19.8 Å². The molecule has 0 aliphatic carbocycles. The molecule has 5 nitrogen and oxygen atoms in total. The van der Waals surface area contributed by atoms with Gasteiger partial charge in [-0.05, 0) is 54.2 Å². The van der Waals surface area contributed by atoms with Gasteiger partial charge in [-0.25, -0.2) is 0 Å². The summed E-state index contributed by atoms with van der Waals surface area (Å²) in [4.78, 5) is 26.4. The maximum absolute atomic E-state index is 12.8. The molecule has 0 saturated carbocycles. The number of rotatable bonds is 6. The van der Waals surface area contributed by atoms with Crippen LogP contribution in [0.1, 0.15) is 11.1 Å². The number of carbonyl (C=O) groups excluding carboxylic acids is 2. The Morgan fingerprint density at radius 2 is 1.79 bits per heavy atom. The predicted octanol–water partition coefficient (Wildman–Crippen LogP) is 4.60. The van der Waals surface area contributed by atoms with E-state index in [1.807, 2.05) is 30.3 Å². The average molecular weight is 536 g/mol. The van der Waals surface area contributed by atoms with Crippen molar-refractivity contribution in [1.82, 2.24) is 10.2 Å². The summed E-state index contributed by atoms with van der Waals surface area (Å²) in [5, 5.41) is 2.60. The van der Waals surface area contributed by atoms with Crippen molar-refractivity contribution in [3.63, 3.8) is 0 Å². The number of nitrogens with zero attached hydrogens (tertiary/aromatic N) is 1. The summed E-state index contributed by atoms with van der Waals surface area (Å²) in [6.45, 7) is 4.18. The first-order valence-electron chi connectivity index (χ1n) is 8.55. The molecule has 1 heterocycles. The summed E-state index contributed by atoms with van der Waals surface area (Å²) < 4.78 is 7.73. The zero-order chi connectivity index (χ0) is 21.0. The van der Waals surface area contributed by atoms with Gasteiger partial charge in [-0.1, -0.05) is 50.1 Å². The Morgan fingerprint density at radius 3 is 2.48 bits per heavy atom. The summed E-state index contributed by atoms with van der Waals surface area (Å²) in [6.07, 6.45) is 3.06. The quantitative estimate of drug-likeness (QED) is 0.254. The van der Waals surface area contributed by atoms with Gasteiger partial charge in [0, 0.05) is 21.1 Å². The average Bonchev–Trinajstić information content (AvgIpc) is 2.69. The standard InChI is InChI=1S/C21H16Br2N2O3S/c1-2-9-25-20(27)17(19(26)24-21(25)29)11-14-10-16(23)7-8-18(14)28-12-13-3-5-15(22)6-4-13/h2-8,10-11H,1,9,12H2,(H,24,26,29)/b17-11+. The van der Waals surface area contributed by atoms with E-state index in [9.17, 15) is 9.59 Å². The van der Waals surface area contributed by atoms with Crippen LogP contribution in [0.2, 0.25) is 0 Å². The number of hydrogen-bond donors (Lipinski definition) is 1. The third kappa shape index (κ3) is 5.20. The van der Waals surface area contributed by atoms with Crippen LogP contribution in [-0.4, -0.2) is 28.4 Å². The monoisotopic (exact) mass is 534 g/mol. The molecule has 148 valence electrons. The molecular weight excluding hydrogens is 520 g/mol. The van der Waals surface area contributed by atoms with Crippen molar-refractivity contribution in [3.05, 3.63) is 80.8 Å². The van der Waals surface area contributed by atoms with Gasteiger partial charge in [0.2, 0.25) is 0 Å². The van der Waals surface area contributed by atoms with Crippen LogP contribution in [0.25, 0.3) is 6.08 Å². The molecule has 1 fully saturated rings. The third-order valence-corrected chi connectivity index (χ3v) is 5.42. The van der Waals surface area contributed by atoms with Gasteiger partial charge in [0.1, 0.15) is 17.9 Å². The fourth-order valence-corrected chi connectivity index (χ4v) is 3.54. The smallest absolute Gasteiger partial charge is 0.265 e. The summed E-state index contributed by atoms with van der Waals surface area (Å²) in [5.74, 6) is -0.468. The van der Waals surface area contributed by atoms with Crippen molar-refractivity contribution in [1.29, 1.82) is 0 Å². The number of hydrogen-bond acceptors (Lipinski definition) is 4. The van der Waals surface area contributed by atoms with Gasteiger partial charge in [-0.2, -0.15) is 0 Å². The lowest BCUT2D eigenvalue weighted by molar-refractivity contribution is -0.128. The molecule has 1 aliphatic heterocycles. The SMILES string of the molecule is C=CCN1C(=O)/C(=C/c2cc(Br)ccc2OCc2ccc(Br)cc2)C(=O)NC1=S. The molecule has 0 spiro atoms. The molecule has 2 aromatic rings. The van der Waals surface area contributed by atoms with Crippen molar-refractivity contribution < 1.29 is 14.3 Å². The van der Waals surface area contributed by atoms with E-state index < -0.39 is 11.8 Å². The van der Waals surface area contributed by atoms with Crippen LogP contribution in [0.5, 0.6) is 5.75 Å². The Labute approximate surface area is 190 Å². The van der Waals surface area contributed by atoms with Crippen molar-refractivity contribution in [3.8, 4) is 5.75 Å². The molecule has 29 heavy (non-hydrogen) atoms. The van der Waals surface area contributed by atoms with Crippen LogP contribution in [0, 0.1) is 0 Å². The van der Waals surface area contributed by atoms with E-state index in [1.54, 1.807) is 18.2 Å². The first kappa shape index (κ1) is 21.4. The molecule has 1 saturated heterocycles. The number of ether oxygens (including phenoxy) is 1. The summed E-state index contributed by atoms with van der Waals surface area (Å²) in [5.41, 5.74) is 1.57. The van der Waals surface area contributed by atoms with Crippen LogP contribution >= 0.6 is 44.1 Å². The lowest BCUT2D eigenvalue weighted by Gasteiger charge is -2.27. The second-order valence-corrected chi connectivity index (χ2v) is 8.34. The molecule has 0 bridgehead atoms. The van der Waals surface area contributed by atoms with Crippen molar-refractivity contribution in [2.45, 2.75) is 6.61 Å². The van der Waals surface area contributed by atoms with Crippen LogP contribution in [0.4, 0.5) is 0 Å². The highest BCUT2D eigenvalue weighted by molar-refractivity contribution is 9.10. The largest absolute Gasteiger partial charge is 0.488 e. The van der Waals surface area contributed by atoms with Gasteiger partial charge >= 0.3 is 0 Å². The predicted molar refractivity (Wildman–Crippen MR) is 123 cm³/mol. The molecular formula is C21H16Br2N2O3S. The highest BCUT2D eigenvalue weighted by Crippen LogP contribution is 2.27. The second-order valence-electron chi connectivity index (χ2n) is 6.12. The van der Waals surface area contributed by atoms with E-state index in [4.69, 9.17) is 17.0 Å². The highest BCUT2D eigenvalue weighted by atomic mass is 79.9. The van der Waals surface area contributed by atoms with E-state index in [2.05, 4.69) is 43.8 Å². The van der Waals surface area contributed by atoms with Crippen LogP contribution in [-0.2, 0) is 16.2 Å². The summed E-state index contributed by atoms with van der Waals surface area (Å²) >= 11 is 11.9. The first-order chi connectivity index (χ1) is 13.9. The Kier molecular flexibility index (Phi) is 7.00. The Hall–Kier alpha value is -2.29. The van der Waals surface area contributed by atoms with Crippen molar-refractivity contribution >= 4 is 67.1 Å². The van der Waals surface area contributed by atoms with Crippen LogP contribution < -0.4 is 10.1 Å².